The van der Waals surface area contributed by atoms with Crippen molar-refractivity contribution in [2.24, 2.45) is 0 Å². The van der Waals surface area contributed by atoms with E-state index in [1.165, 1.54) is 77.0 Å². The van der Waals surface area contributed by atoms with Gasteiger partial charge in [0.25, 0.3) is 0 Å². The fourth-order valence-electron chi connectivity index (χ4n) is 4.48. The summed E-state index contributed by atoms with van der Waals surface area (Å²) in [6.07, 6.45) is 19.6. The van der Waals surface area contributed by atoms with E-state index in [9.17, 15) is 14.7 Å². The summed E-state index contributed by atoms with van der Waals surface area (Å²) in [7, 11) is 0. The van der Waals surface area contributed by atoms with E-state index in [1.54, 1.807) is 48.5 Å². The van der Waals surface area contributed by atoms with Crippen LogP contribution in [0, 0.1) is 0 Å². The number of aromatic hydroxyl groups is 1. The van der Waals surface area contributed by atoms with Crippen molar-refractivity contribution in [2.75, 3.05) is 13.2 Å². The molecule has 0 aliphatic rings. The van der Waals surface area contributed by atoms with E-state index in [0.29, 0.717) is 23.7 Å². The van der Waals surface area contributed by atoms with Gasteiger partial charge in [0.1, 0.15) is 29.6 Å². The maximum atomic E-state index is 12.0. The number of amides is 3. The van der Waals surface area contributed by atoms with E-state index in [2.05, 4.69) is 17.6 Å². The van der Waals surface area contributed by atoms with Gasteiger partial charge in [0, 0.05) is 6.42 Å². The number of ether oxygens (including phenoxy) is 2. The molecule has 0 fully saturated rings. The van der Waals surface area contributed by atoms with Crippen LogP contribution in [0.2, 0.25) is 0 Å². The Balaban J connectivity index is 1.39. The summed E-state index contributed by atoms with van der Waals surface area (Å²) >= 11 is 0. The molecule has 0 unspecified atom stereocenters. The third kappa shape index (κ3) is 16.7. The van der Waals surface area contributed by atoms with Crippen LogP contribution in [0.5, 0.6) is 23.0 Å². The van der Waals surface area contributed by atoms with Crippen LogP contribution in [0.25, 0.3) is 0 Å². The van der Waals surface area contributed by atoms with E-state index < -0.39 is 6.03 Å². The highest BCUT2D eigenvalue weighted by Crippen LogP contribution is 2.25. The third-order valence-electron chi connectivity index (χ3n) is 6.81. The Hall–Kier alpha value is -3.22. The lowest BCUT2D eigenvalue weighted by Crippen LogP contribution is -2.40. The van der Waals surface area contributed by atoms with Gasteiger partial charge in [-0.1, -0.05) is 96.8 Å². The molecule has 0 aliphatic carbocycles. The molecule has 0 radical (unpaired) electrons. The largest absolute Gasteiger partial charge is 0.508 e. The second-order valence-corrected chi connectivity index (χ2v) is 10.4. The Labute approximate surface area is 241 Å². The van der Waals surface area contributed by atoms with Gasteiger partial charge in [-0.15, -0.1) is 0 Å². The molecular formula is C33H50N2O5. The molecule has 0 saturated carbocycles. The standard InChI is InChI=1S/C33H50N2O5/c1-2-3-4-5-6-7-8-9-10-11-12-13-14-15-16-17-32(37)35-33(38)34-26-27-39-29-22-24-31(25-23-29)40-30-20-18-28(36)19-21-30/h18-25,36H,2-17,26-27H2,1H3,(H2,34,35,37,38). The predicted octanol–water partition coefficient (Wildman–Crippen LogP) is 8.65. The lowest BCUT2D eigenvalue weighted by molar-refractivity contribution is -0.120. The summed E-state index contributed by atoms with van der Waals surface area (Å²) in [5.41, 5.74) is 0. The van der Waals surface area contributed by atoms with Crippen LogP contribution in [0.15, 0.2) is 48.5 Å². The molecule has 7 heteroatoms. The van der Waals surface area contributed by atoms with Crippen molar-refractivity contribution in [3.8, 4) is 23.0 Å². The van der Waals surface area contributed by atoms with Crippen molar-refractivity contribution >= 4 is 11.9 Å². The number of nitrogens with one attached hydrogen (secondary N) is 2. The second kappa shape index (κ2) is 21.6. The summed E-state index contributed by atoms with van der Waals surface area (Å²) < 4.78 is 11.3. The van der Waals surface area contributed by atoms with Gasteiger partial charge in [0.2, 0.25) is 5.91 Å². The normalized spacial score (nSPS) is 10.7. The number of benzene rings is 2. The zero-order chi connectivity index (χ0) is 28.7. The molecule has 0 aliphatic heterocycles. The second-order valence-electron chi connectivity index (χ2n) is 10.4. The van der Waals surface area contributed by atoms with Gasteiger partial charge in [-0.25, -0.2) is 4.79 Å². The van der Waals surface area contributed by atoms with Gasteiger partial charge in [-0.05, 0) is 55.0 Å². The van der Waals surface area contributed by atoms with E-state index in [4.69, 9.17) is 9.47 Å². The van der Waals surface area contributed by atoms with E-state index >= 15 is 0 Å². The molecule has 0 heterocycles. The summed E-state index contributed by atoms with van der Waals surface area (Å²) in [6, 6.07) is 13.1. The molecule has 0 spiro atoms. The third-order valence-corrected chi connectivity index (χ3v) is 6.81. The van der Waals surface area contributed by atoms with Crippen LogP contribution in [0.4, 0.5) is 4.79 Å². The molecule has 2 aromatic rings. The molecule has 2 aromatic carbocycles. The number of phenols is 1. The monoisotopic (exact) mass is 554 g/mol. The summed E-state index contributed by atoms with van der Waals surface area (Å²) in [6.45, 7) is 2.82. The van der Waals surface area contributed by atoms with Crippen molar-refractivity contribution in [2.45, 2.75) is 110 Å². The van der Waals surface area contributed by atoms with Crippen LogP contribution in [0.3, 0.4) is 0 Å². The van der Waals surface area contributed by atoms with Gasteiger partial charge in [-0.2, -0.15) is 0 Å². The fourth-order valence-corrected chi connectivity index (χ4v) is 4.48. The highest BCUT2D eigenvalue weighted by atomic mass is 16.5. The van der Waals surface area contributed by atoms with Gasteiger partial charge in [0.05, 0.1) is 6.54 Å². The maximum Gasteiger partial charge on any atom is 0.321 e. The van der Waals surface area contributed by atoms with Crippen molar-refractivity contribution in [1.82, 2.24) is 10.6 Å². The first-order valence-electron chi connectivity index (χ1n) is 15.3. The minimum atomic E-state index is -0.493. The average molecular weight is 555 g/mol. The fraction of sp³-hybridized carbons (Fsp3) is 0.576. The minimum absolute atomic E-state index is 0.183. The molecule has 3 N–H and O–H groups in total. The van der Waals surface area contributed by atoms with Crippen LogP contribution >= 0.6 is 0 Å². The minimum Gasteiger partial charge on any atom is -0.508 e. The van der Waals surface area contributed by atoms with Crippen molar-refractivity contribution in [1.29, 1.82) is 0 Å². The summed E-state index contributed by atoms with van der Waals surface area (Å²) in [5.74, 6) is 1.85. The molecule has 2 rings (SSSR count). The van der Waals surface area contributed by atoms with Crippen molar-refractivity contribution in [3.05, 3.63) is 48.5 Å². The molecule has 0 atom stereocenters. The molecular weight excluding hydrogens is 504 g/mol. The van der Waals surface area contributed by atoms with Crippen LogP contribution in [-0.4, -0.2) is 30.2 Å². The van der Waals surface area contributed by atoms with Gasteiger partial charge >= 0.3 is 6.03 Å². The van der Waals surface area contributed by atoms with Gasteiger partial charge < -0.3 is 19.9 Å². The molecule has 40 heavy (non-hydrogen) atoms. The summed E-state index contributed by atoms with van der Waals surface area (Å²) in [5, 5.41) is 14.4. The predicted molar refractivity (Wildman–Crippen MR) is 161 cm³/mol. The Morgan fingerprint density at radius 3 is 1.62 bits per heavy atom. The van der Waals surface area contributed by atoms with Crippen molar-refractivity contribution in [3.63, 3.8) is 0 Å². The number of carbonyl (C=O) groups is 2. The Morgan fingerprint density at radius 1 is 0.650 bits per heavy atom. The van der Waals surface area contributed by atoms with Gasteiger partial charge in [0.15, 0.2) is 0 Å². The van der Waals surface area contributed by atoms with Crippen LogP contribution < -0.4 is 20.1 Å². The van der Waals surface area contributed by atoms with E-state index in [-0.39, 0.29) is 24.8 Å². The Bertz CT molecular complexity index is 931. The zero-order valence-corrected chi connectivity index (χ0v) is 24.4. The highest BCUT2D eigenvalue weighted by molar-refractivity contribution is 5.94. The SMILES string of the molecule is CCCCCCCCCCCCCCCCCC(=O)NC(=O)NCCOc1ccc(Oc2ccc(O)cc2)cc1. The van der Waals surface area contributed by atoms with Crippen molar-refractivity contribution < 1.29 is 24.2 Å². The average Bonchev–Trinajstić information content (AvgIpc) is 2.95. The van der Waals surface area contributed by atoms with E-state index in [1.807, 2.05) is 0 Å². The number of rotatable bonds is 22. The maximum absolute atomic E-state index is 12.0. The first kappa shape index (κ1) is 33.0. The number of unbranched alkanes of at least 4 members (excludes halogenated alkanes) is 14. The molecule has 0 bridgehead atoms. The Kier molecular flexibility index (Phi) is 17.8. The topological polar surface area (TPSA) is 96.9 Å². The van der Waals surface area contributed by atoms with E-state index in [0.717, 1.165) is 19.3 Å². The summed E-state index contributed by atoms with van der Waals surface area (Å²) in [4.78, 5) is 23.9. The Morgan fingerprint density at radius 2 is 1.10 bits per heavy atom. The first-order valence-corrected chi connectivity index (χ1v) is 15.3. The lowest BCUT2D eigenvalue weighted by atomic mass is 10.0. The molecule has 0 saturated heterocycles. The van der Waals surface area contributed by atoms with Gasteiger partial charge in [-0.3, -0.25) is 10.1 Å². The zero-order valence-electron chi connectivity index (χ0n) is 24.4. The number of urea groups is 1. The number of carbonyl (C=O) groups excluding carboxylic acids is 2. The number of phenolic OH excluding ortho intramolecular Hbond substituents is 1. The first-order chi connectivity index (χ1) is 19.6. The number of hydrogen-bond acceptors (Lipinski definition) is 5. The molecule has 3 amide bonds. The number of imide groups is 1. The number of hydrogen-bond donors (Lipinski definition) is 3. The molecule has 7 nitrogen and oxygen atoms in total. The van der Waals surface area contributed by atoms with Crippen LogP contribution in [0.1, 0.15) is 110 Å². The van der Waals surface area contributed by atoms with Crippen LogP contribution in [-0.2, 0) is 4.79 Å². The molecule has 0 aromatic heterocycles. The quantitative estimate of drug-likeness (QED) is 0.127. The molecule has 222 valence electrons. The smallest absolute Gasteiger partial charge is 0.321 e. The lowest BCUT2D eigenvalue weighted by Gasteiger charge is -2.10. The highest BCUT2D eigenvalue weighted by Gasteiger charge is 2.07.